The largest absolute Gasteiger partial charge is 0.493 e. The fourth-order valence-corrected chi connectivity index (χ4v) is 1.45. The predicted molar refractivity (Wildman–Crippen MR) is 74.4 cm³/mol. The average Bonchev–Trinajstić information content (AvgIpc) is 2.43. The standard InChI is InChI=1S/C15H17NO4/c1-11(2)20-13-6-4-12(10-14(13)18-3)5-7-15(17)19-9-8-16/h4-7,10-11H,9H2,1-3H3/b7-5+. The molecular formula is C15H17NO4. The van der Waals surface area contributed by atoms with Crippen molar-refractivity contribution in [3.63, 3.8) is 0 Å². The van der Waals surface area contributed by atoms with E-state index in [-0.39, 0.29) is 12.7 Å². The SMILES string of the molecule is COc1cc(/C=C/C(=O)OCC#N)ccc1OC(C)C. The van der Waals surface area contributed by atoms with Crippen molar-refractivity contribution in [3.05, 3.63) is 29.8 Å². The van der Waals surface area contributed by atoms with Crippen LogP contribution >= 0.6 is 0 Å². The molecule has 0 heterocycles. The molecule has 0 aliphatic rings. The lowest BCUT2D eigenvalue weighted by atomic mass is 10.2. The predicted octanol–water partition coefficient (Wildman–Crippen LogP) is 2.56. The van der Waals surface area contributed by atoms with Crippen molar-refractivity contribution >= 4 is 12.0 Å². The Balaban J connectivity index is 2.80. The molecule has 1 aromatic carbocycles. The van der Waals surface area contributed by atoms with Crippen LogP contribution in [0, 0.1) is 11.3 Å². The second-order valence-corrected chi connectivity index (χ2v) is 4.18. The van der Waals surface area contributed by atoms with E-state index in [2.05, 4.69) is 4.74 Å². The van der Waals surface area contributed by atoms with Crippen LogP contribution in [0.4, 0.5) is 0 Å². The number of carbonyl (C=O) groups excluding carboxylic acids is 1. The maximum atomic E-state index is 11.2. The van der Waals surface area contributed by atoms with Gasteiger partial charge in [-0.05, 0) is 37.6 Å². The minimum Gasteiger partial charge on any atom is -0.493 e. The average molecular weight is 275 g/mol. The van der Waals surface area contributed by atoms with E-state index in [0.29, 0.717) is 11.5 Å². The highest BCUT2D eigenvalue weighted by Gasteiger charge is 2.06. The smallest absolute Gasteiger partial charge is 0.331 e. The van der Waals surface area contributed by atoms with Crippen LogP contribution in [-0.4, -0.2) is 25.8 Å². The van der Waals surface area contributed by atoms with Gasteiger partial charge in [0.1, 0.15) is 6.07 Å². The molecule has 0 unspecified atom stereocenters. The summed E-state index contributed by atoms with van der Waals surface area (Å²) in [5, 5.41) is 8.29. The van der Waals surface area contributed by atoms with Crippen molar-refractivity contribution in [3.8, 4) is 17.6 Å². The third-order valence-electron chi connectivity index (χ3n) is 2.24. The third kappa shape index (κ3) is 5.02. The van der Waals surface area contributed by atoms with Gasteiger partial charge in [0.15, 0.2) is 18.1 Å². The highest BCUT2D eigenvalue weighted by atomic mass is 16.5. The first kappa shape index (κ1) is 15.6. The van der Waals surface area contributed by atoms with E-state index >= 15 is 0 Å². The maximum absolute atomic E-state index is 11.2. The summed E-state index contributed by atoms with van der Waals surface area (Å²) in [6.45, 7) is 3.60. The minimum atomic E-state index is -0.562. The van der Waals surface area contributed by atoms with Gasteiger partial charge in [-0.3, -0.25) is 0 Å². The monoisotopic (exact) mass is 275 g/mol. The van der Waals surface area contributed by atoms with Gasteiger partial charge in [0.2, 0.25) is 0 Å². The van der Waals surface area contributed by atoms with Crippen molar-refractivity contribution in [2.45, 2.75) is 20.0 Å². The number of methoxy groups -OCH3 is 1. The summed E-state index contributed by atoms with van der Waals surface area (Å²) < 4.78 is 15.4. The molecule has 0 saturated heterocycles. The van der Waals surface area contributed by atoms with Crippen molar-refractivity contribution in [2.75, 3.05) is 13.7 Å². The van der Waals surface area contributed by atoms with Gasteiger partial charge in [-0.1, -0.05) is 6.07 Å². The summed E-state index contributed by atoms with van der Waals surface area (Å²) in [6, 6.07) is 7.06. The molecule has 0 aliphatic carbocycles. The summed E-state index contributed by atoms with van der Waals surface area (Å²) in [6.07, 6.45) is 2.89. The number of esters is 1. The molecule has 5 heteroatoms. The zero-order valence-corrected chi connectivity index (χ0v) is 11.8. The molecule has 0 fully saturated rings. The van der Waals surface area contributed by atoms with Crippen molar-refractivity contribution in [1.29, 1.82) is 5.26 Å². The fourth-order valence-electron chi connectivity index (χ4n) is 1.45. The van der Waals surface area contributed by atoms with E-state index in [4.69, 9.17) is 14.7 Å². The highest BCUT2D eigenvalue weighted by molar-refractivity contribution is 5.87. The van der Waals surface area contributed by atoms with Gasteiger partial charge in [-0.25, -0.2) is 4.79 Å². The Labute approximate surface area is 118 Å². The number of nitriles is 1. The first-order valence-corrected chi connectivity index (χ1v) is 6.13. The van der Waals surface area contributed by atoms with E-state index in [1.165, 1.54) is 6.08 Å². The van der Waals surface area contributed by atoms with Crippen molar-refractivity contribution < 1.29 is 19.0 Å². The summed E-state index contributed by atoms with van der Waals surface area (Å²) in [7, 11) is 1.55. The Hall–Kier alpha value is -2.48. The molecule has 0 radical (unpaired) electrons. The number of hydrogen-bond acceptors (Lipinski definition) is 5. The summed E-state index contributed by atoms with van der Waals surface area (Å²) in [5.41, 5.74) is 0.770. The Bertz CT molecular complexity index is 529. The molecule has 0 amide bonds. The van der Waals surface area contributed by atoms with Gasteiger partial charge in [0, 0.05) is 6.08 Å². The third-order valence-corrected chi connectivity index (χ3v) is 2.24. The zero-order valence-electron chi connectivity index (χ0n) is 11.8. The van der Waals surface area contributed by atoms with Crippen LogP contribution in [0.3, 0.4) is 0 Å². The molecule has 1 aromatic rings. The molecular weight excluding hydrogens is 258 g/mol. The zero-order chi connectivity index (χ0) is 15.0. The lowest BCUT2D eigenvalue weighted by Crippen LogP contribution is -2.06. The number of nitrogens with zero attached hydrogens (tertiary/aromatic N) is 1. The van der Waals surface area contributed by atoms with Crippen LogP contribution in [0.1, 0.15) is 19.4 Å². The molecule has 20 heavy (non-hydrogen) atoms. The second-order valence-electron chi connectivity index (χ2n) is 4.18. The fraction of sp³-hybridized carbons (Fsp3) is 0.333. The lowest BCUT2D eigenvalue weighted by molar-refractivity contribution is -0.136. The van der Waals surface area contributed by atoms with Gasteiger partial charge >= 0.3 is 5.97 Å². The van der Waals surface area contributed by atoms with Gasteiger partial charge in [0.25, 0.3) is 0 Å². The highest BCUT2D eigenvalue weighted by Crippen LogP contribution is 2.29. The van der Waals surface area contributed by atoms with Crippen LogP contribution in [0.15, 0.2) is 24.3 Å². The number of benzene rings is 1. The molecule has 0 aliphatic heterocycles. The number of ether oxygens (including phenoxy) is 3. The Kier molecular flexibility index (Phi) is 6.11. The Morgan fingerprint density at radius 3 is 2.75 bits per heavy atom. The first-order chi connectivity index (χ1) is 9.56. The number of rotatable bonds is 6. The number of hydrogen-bond donors (Lipinski definition) is 0. The van der Waals surface area contributed by atoms with Gasteiger partial charge < -0.3 is 14.2 Å². The molecule has 0 saturated carbocycles. The van der Waals surface area contributed by atoms with Crippen molar-refractivity contribution in [2.24, 2.45) is 0 Å². The lowest BCUT2D eigenvalue weighted by Gasteiger charge is -2.13. The van der Waals surface area contributed by atoms with E-state index in [1.807, 2.05) is 13.8 Å². The topological polar surface area (TPSA) is 68.5 Å². The molecule has 106 valence electrons. The Morgan fingerprint density at radius 2 is 2.15 bits per heavy atom. The summed E-state index contributed by atoms with van der Waals surface area (Å²) in [5.74, 6) is 0.672. The molecule has 0 bridgehead atoms. The van der Waals surface area contributed by atoms with Gasteiger partial charge in [-0.15, -0.1) is 0 Å². The van der Waals surface area contributed by atoms with E-state index in [0.717, 1.165) is 5.56 Å². The van der Waals surface area contributed by atoms with Crippen LogP contribution in [0.25, 0.3) is 6.08 Å². The van der Waals surface area contributed by atoms with Gasteiger partial charge in [-0.2, -0.15) is 5.26 Å². The summed E-state index contributed by atoms with van der Waals surface area (Å²) >= 11 is 0. The van der Waals surface area contributed by atoms with Crippen LogP contribution < -0.4 is 9.47 Å². The van der Waals surface area contributed by atoms with Crippen molar-refractivity contribution in [1.82, 2.24) is 0 Å². The Morgan fingerprint density at radius 1 is 1.40 bits per heavy atom. The van der Waals surface area contributed by atoms with Gasteiger partial charge in [0.05, 0.1) is 13.2 Å². The second kappa shape index (κ2) is 7.85. The van der Waals surface area contributed by atoms with E-state index in [9.17, 15) is 4.79 Å². The number of carbonyl (C=O) groups is 1. The molecule has 5 nitrogen and oxygen atoms in total. The first-order valence-electron chi connectivity index (χ1n) is 6.13. The quantitative estimate of drug-likeness (QED) is 0.589. The molecule has 0 spiro atoms. The molecule has 0 N–H and O–H groups in total. The van der Waals surface area contributed by atoms with E-state index in [1.54, 1.807) is 37.5 Å². The minimum absolute atomic E-state index is 0.0475. The van der Waals surface area contributed by atoms with Crippen LogP contribution in [0.5, 0.6) is 11.5 Å². The normalized spacial score (nSPS) is 10.3. The van der Waals surface area contributed by atoms with Crippen LogP contribution in [-0.2, 0) is 9.53 Å². The summed E-state index contributed by atoms with van der Waals surface area (Å²) in [4.78, 5) is 11.2. The molecule has 1 rings (SSSR count). The van der Waals surface area contributed by atoms with Crippen LogP contribution in [0.2, 0.25) is 0 Å². The molecule has 0 atom stereocenters. The maximum Gasteiger partial charge on any atom is 0.331 e. The van der Waals surface area contributed by atoms with E-state index < -0.39 is 5.97 Å². The molecule has 0 aromatic heterocycles.